The van der Waals surface area contributed by atoms with E-state index in [2.05, 4.69) is 0 Å². The minimum absolute atomic E-state index is 0.211. The van der Waals surface area contributed by atoms with Gasteiger partial charge < -0.3 is 9.47 Å². The number of rotatable bonds is 0. The van der Waals surface area contributed by atoms with Crippen LogP contribution in [0.3, 0.4) is 0 Å². The summed E-state index contributed by atoms with van der Waals surface area (Å²) in [5.41, 5.74) is 0.515. The monoisotopic (exact) mass is 492 g/mol. The van der Waals surface area contributed by atoms with Gasteiger partial charge in [-0.3, -0.25) is 0 Å². The number of ether oxygens (including phenoxy) is 2. The molecule has 6 heteroatoms. The molecule has 1 aliphatic rings. The van der Waals surface area contributed by atoms with Crippen LogP contribution >= 0.6 is 45.2 Å². The van der Waals surface area contributed by atoms with E-state index in [1.807, 2.05) is 45.2 Å². The van der Waals surface area contributed by atoms with Crippen LogP contribution in [0.15, 0.2) is 36.4 Å². The van der Waals surface area contributed by atoms with E-state index < -0.39 is 11.9 Å². The van der Waals surface area contributed by atoms with Gasteiger partial charge in [-0.15, -0.1) is 0 Å². The summed E-state index contributed by atoms with van der Waals surface area (Å²) in [6, 6.07) is 10.1. The quantitative estimate of drug-likeness (QED) is 0.321. The van der Waals surface area contributed by atoms with E-state index in [9.17, 15) is 9.59 Å². The number of para-hydroxylation sites is 1. The van der Waals surface area contributed by atoms with E-state index >= 15 is 0 Å². The molecule has 4 nitrogen and oxygen atoms in total. The van der Waals surface area contributed by atoms with Crippen LogP contribution in [0, 0.1) is 7.14 Å². The van der Waals surface area contributed by atoms with Gasteiger partial charge in [0, 0.05) is 3.57 Å². The van der Waals surface area contributed by atoms with Gasteiger partial charge >= 0.3 is 11.9 Å². The highest BCUT2D eigenvalue weighted by Crippen LogP contribution is 2.34. The van der Waals surface area contributed by atoms with Crippen LogP contribution in [0.5, 0.6) is 11.5 Å². The predicted octanol–water partition coefficient (Wildman–Crippen LogP) is 3.65. The van der Waals surface area contributed by atoms with Crippen LogP contribution in [0.1, 0.15) is 20.7 Å². The predicted molar refractivity (Wildman–Crippen MR) is 88.2 cm³/mol. The lowest BCUT2D eigenvalue weighted by Gasteiger charge is -2.17. The molecule has 100 valence electrons. The largest absolute Gasteiger partial charge is 0.422 e. The Balaban J connectivity index is 2.22. The second-order valence-electron chi connectivity index (χ2n) is 4.01. The summed E-state index contributed by atoms with van der Waals surface area (Å²) in [5.74, 6) is -0.595. The van der Waals surface area contributed by atoms with Gasteiger partial charge in [-0.25, -0.2) is 9.59 Å². The molecular weight excluding hydrogens is 486 g/mol. The van der Waals surface area contributed by atoms with E-state index in [4.69, 9.17) is 9.47 Å². The molecule has 0 radical (unpaired) electrons. The molecule has 0 aromatic heterocycles. The fourth-order valence-corrected chi connectivity index (χ4v) is 3.05. The molecule has 0 saturated carbocycles. The Morgan fingerprint density at radius 3 is 2.30 bits per heavy atom. The summed E-state index contributed by atoms with van der Waals surface area (Å²) in [6.45, 7) is 0. The SMILES string of the molecule is O=C1Oc2c(I)ccc(I)c2C(=O)Oc2ccccc21. The molecule has 0 spiro atoms. The topological polar surface area (TPSA) is 52.6 Å². The van der Waals surface area contributed by atoms with Gasteiger partial charge in [-0.1, -0.05) is 12.1 Å². The fraction of sp³-hybridized carbons (Fsp3) is 0. The van der Waals surface area contributed by atoms with Crippen molar-refractivity contribution in [3.05, 3.63) is 54.7 Å². The Labute approximate surface area is 141 Å². The number of esters is 2. The summed E-state index contributed by atoms with van der Waals surface area (Å²) >= 11 is 4.04. The summed E-state index contributed by atoms with van der Waals surface area (Å²) in [6.07, 6.45) is 0. The third kappa shape index (κ3) is 2.30. The number of hydrogen-bond donors (Lipinski definition) is 0. The number of benzene rings is 2. The maximum atomic E-state index is 12.3. The molecule has 0 bridgehead atoms. The normalized spacial score (nSPS) is 13.5. The average Bonchev–Trinajstić information content (AvgIpc) is 2.42. The summed E-state index contributed by atoms with van der Waals surface area (Å²) in [5, 5.41) is 0. The van der Waals surface area contributed by atoms with Crippen LogP contribution in [-0.4, -0.2) is 11.9 Å². The van der Waals surface area contributed by atoms with Crippen LogP contribution < -0.4 is 9.47 Å². The average molecular weight is 492 g/mol. The summed E-state index contributed by atoms with van der Waals surface area (Å²) in [7, 11) is 0. The van der Waals surface area contributed by atoms with Crippen molar-refractivity contribution in [2.24, 2.45) is 0 Å². The number of carbonyl (C=O) groups is 2. The van der Waals surface area contributed by atoms with Crippen molar-refractivity contribution < 1.29 is 19.1 Å². The minimum Gasteiger partial charge on any atom is -0.422 e. The number of hydrogen-bond acceptors (Lipinski definition) is 4. The maximum Gasteiger partial charge on any atom is 0.348 e. The summed E-state index contributed by atoms with van der Waals surface area (Å²) in [4.78, 5) is 24.5. The lowest BCUT2D eigenvalue weighted by molar-refractivity contribution is 0.0666. The van der Waals surface area contributed by atoms with Crippen molar-refractivity contribution >= 4 is 57.1 Å². The molecular formula is C14H6I2O4. The van der Waals surface area contributed by atoms with Gasteiger partial charge in [0.2, 0.25) is 0 Å². The smallest absolute Gasteiger partial charge is 0.348 e. The van der Waals surface area contributed by atoms with Gasteiger partial charge in [0.15, 0.2) is 5.75 Å². The maximum absolute atomic E-state index is 12.3. The Morgan fingerprint density at radius 2 is 1.50 bits per heavy atom. The first-order chi connectivity index (χ1) is 9.58. The van der Waals surface area contributed by atoms with Crippen LogP contribution in [0.25, 0.3) is 0 Å². The van der Waals surface area contributed by atoms with Gasteiger partial charge in [0.25, 0.3) is 0 Å². The molecule has 2 aromatic rings. The lowest BCUT2D eigenvalue weighted by atomic mass is 10.1. The zero-order valence-corrected chi connectivity index (χ0v) is 14.2. The highest BCUT2D eigenvalue weighted by Gasteiger charge is 2.28. The van der Waals surface area contributed by atoms with Crippen molar-refractivity contribution in [3.63, 3.8) is 0 Å². The molecule has 0 unspecified atom stereocenters. The van der Waals surface area contributed by atoms with E-state index in [1.54, 1.807) is 36.4 Å². The fourth-order valence-electron chi connectivity index (χ4n) is 1.85. The van der Waals surface area contributed by atoms with Crippen LogP contribution in [0.4, 0.5) is 0 Å². The third-order valence-corrected chi connectivity index (χ3v) is 4.52. The number of fused-ring (bicyclic) bond motifs is 2. The number of carbonyl (C=O) groups excluding carboxylic acids is 2. The van der Waals surface area contributed by atoms with Gasteiger partial charge in [0.1, 0.15) is 16.9 Å². The van der Waals surface area contributed by atoms with Crippen LogP contribution in [-0.2, 0) is 0 Å². The Bertz CT molecular complexity index is 740. The molecule has 0 N–H and O–H groups in total. The van der Waals surface area contributed by atoms with Crippen molar-refractivity contribution in [2.75, 3.05) is 0 Å². The number of halogens is 2. The van der Waals surface area contributed by atoms with Gasteiger partial charge in [-0.05, 0) is 69.4 Å². The molecule has 0 atom stereocenters. The molecule has 2 aromatic carbocycles. The van der Waals surface area contributed by atoms with E-state index in [0.717, 1.165) is 0 Å². The highest BCUT2D eigenvalue weighted by atomic mass is 127. The van der Waals surface area contributed by atoms with Crippen LogP contribution in [0.2, 0.25) is 0 Å². The zero-order chi connectivity index (χ0) is 14.3. The second-order valence-corrected chi connectivity index (χ2v) is 6.33. The molecule has 1 heterocycles. The summed E-state index contributed by atoms with van der Waals surface area (Å²) < 4.78 is 12.1. The van der Waals surface area contributed by atoms with Gasteiger partial charge in [-0.2, -0.15) is 0 Å². The van der Waals surface area contributed by atoms with E-state index in [-0.39, 0.29) is 22.6 Å². The Hall–Kier alpha value is -1.16. The first-order valence-corrected chi connectivity index (χ1v) is 7.75. The van der Waals surface area contributed by atoms with Gasteiger partial charge in [0.05, 0.1) is 3.57 Å². The molecule has 20 heavy (non-hydrogen) atoms. The van der Waals surface area contributed by atoms with Crippen molar-refractivity contribution in [3.8, 4) is 11.5 Å². The molecule has 0 aliphatic carbocycles. The van der Waals surface area contributed by atoms with Crippen molar-refractivity contribution in [1.29, 1.82) is 0 Å². The molecule has 1 aliphatic heterocycles. The van der Waals surface area contributed by atoms with E-state index in [0.29, 0.717) is 7.14 Å². The minimum atomic E-state index is -0.533. The van der Waals surface area contributed by atoms with Crippen molar-refractivity contribution in [1.82, 2.24) is 0 Å². The molecule has 3 rings (SSSR count). The highest BCUT2D eigenvalue weighted by molar-refractivity contribution is 14.1. The Kier molecular flexibility index (Phi) is 3.67. The molecule has 0 amide bonds. The Morgan fingerprint density at radius 1 is 0.800 bits per heavy atom. The van der Waals surface area contributed by atoms with E-state index in [1.165, 1.54) is 0 Å². The van der Waals surface area contributed by atoms with Crippen molar-refractivity contribution in [2.45, 2.75) is 0 Å². The first kappa shape index (κ1) is 13.8. The lowest BCUT2D eigenvalue weighted by Crippen LogP contribution is -2.21. The second kappa shape index (κ2) is 5.32. The third-order valence-electron chi connectivity index (χ3n) is 2.77. The first-order valence-electron chi connectivity index (χ1n) is 5.59. The molecule has 0 saturated heterocycles. The zero-order valence-electron chi connectivity index (χ0n) is 9.85. The molecule has 0 fully saturated rings. The standard InChI is InChI=1S/C14H6I2O4/c15-8-5-6-9(16)12-11(8)14(18)19-10-4-2-1-3-7(10)13(17)20-12/h1-6H.